The van der Waals surface area contributed by atoms with Crippen molar-refractivity contribution >= 4 is 36.1 Å². The smallest absolute Gasteiger partial charge is 0.298 e. The predicted molar refractivity (Wildman–Crippen MR) is 81.9 cm³/mol. The molecule has 0 saturated carbocycles. The summed E-state index contributed by atoms with van der Waals surface area (Å²) in [5.41, 5.74) is 6.01. The van der Waals surface area contributed by atoms with Crippen molar-refractivity contribution in [3.63, 3.8) is 0 Å². The Balaban J connectivity index is 3.04. The van der Waals surface area contributed by atoms with Crippen LogP contribution in [0.4, 0.5) is 6.01 Å². The second kappa shape index (κ2) is 7.87. The van der Waals surface area contributed by atoms with Gasteiger partial charge >= 0.3 is 0 Å². The fraction of sp³-hybridized carbons (Fsp3) is 0.429. The van der Waals surface area contributed by atoms with Crippen molar-refractivity contribution in [1.82, 2.24) is 4.98 Å². The molecule has 0 aromatic carbocycles. The number of hydrogen-bond donors (Lipinski definition) is 1. The van der Waals surface area contributed by atoms with Crippen LogP contribution in [0.1, 0.15) is 20.3 Å². The standard InChI is InChI=1S/C14H20ClN3O2/c1-4-12(15)9-13-11(3)20-14(17-13)18(8-6-16)7-5-10(2)19/h4,9H,3,5-8,16H2,1-2H3. The maximum atomic E-state index is 11.1. The predicted octanol–water partition coefficient (Wildman–Crippen LogP) is 0.752. The number of halogens is 1. The van der Waals surface area contributed by atoms with Crippen molar-refractivity contribution in [1.29, 1.82) is 0 Å². The second-order valence-electron chi connectivity index (χ2n) is 4.35. The zero-order valence-electron chi connectivity index (χ0n) is 11.9. The minimum atomic E-state index is 0.108. The van der Waals surface area contributed by atoms with Gasteiger partial charge in [0.2, 0.25) is 0 Å². The van der Waals surface area contributed by atoms with Gasteiger partial charge in [0, 0.05) is 31.1 Å². The Morgan fingerprint density at radius 2 is 2.25 bits per heavy atom. The Morgan fingerprint density at radius 1 is 1.55 bits per heavy atom. The minimum absolute atomic E-state index is 0.108. The van der Waals surface area contributed by atoms with Gasteiger partial charge in [-0.1, -0.05) is 24.3 Å². The summed E-state index contributed by atoms with van der Waals surface area (Å²) in [6.07, 6.45) is 3.86. The summed E-state index contributed by atoms with van der Waals surface area (Å²) < 4.78 is 5.53. The topological polar surface area (TPSA) is 72.4 Å². The number of aromatic nitrogens is 1. The summed E-state index contributed by atoms with van der Waals surface area (Å²) >= 11 is 5.94. The Labute approximate surface area is 123 Å². The minimum Gasteiger partial charge on any atom is -0.424 e. The molecule has 0 aliphatic rings. The number of allylic oxidation sites excluding steroid dienone is 2. The molecule has 0 radical (unpaired) electrons. The van der Waals surface area contributed by atoms with Gasteiger partial charge in [-0.25, -0.2) is 0 Å². The normalized spacial score (nSPS) is 12.8. The zero-order valence-corrected chi connectivity index (χ0v) is 12.6. The number of carbonyl (C=O) groups excluding carboxylic acids is 1. The lowest BCUT2D eigenvalue weighted by molar-refractivity contribution is -0.116. The first-order chi connectivity index (χ1) is 9.47. The number of carbonyl (C=O) groups is 1. The lowest BCUT2D eigenvalue weighted by Gasteiger charge is -2.18. The Morgan fingerprint density at radius 3 is 2.80 bits per heavy atom. The molecule has 0 atom stereocenters. The molecule has 0 fully saturated rings. The van der Waals surface area contributed by atoms with Gasteiger partial charge in [0.05, 0.1) is 0 Å². The van der Waals surface area contributed by atoms with E-state index in [1.807, 2.05) is 11.8 Å². The van der Waals surface area contributed by atoms with Crippen molar-refractivity contribution in [2.24, 2.45) is 5.73 Å². The summed E-state index contributed by atoms with van der Waals surface area (Å²) in [6, 6.07) is 0.411. The third kappa shape index (κ3) is 4.83. The van der Waals surface area contributed by atoms with E-state index in [0.717, 1.165) is 0 Å². The van der Waals surface area contributed by atoms with Gasteiger partial charge in [0.25, 0.3) is 6.01 Å². The molecule has 0 aliphatic carbocycles. The van der Waals surface area contributed by atoms with Crippen LogP contribution in [0.25, 0.3) is 12.7 Å². The van der Waals surface area contributed by atoms with Gasteiger partial charge in [-0.05, 0) is 19.9 Å². The van der Waals surface area contributed by atoms with Crippen LogP contribution >= 0.6 is 11.6 Å². The summed E-state index contributed by atoms with van der Waals surface area (Å²) in [4.78, 5) is 17.3. The Hall–Kier alpha value is -1.59. The quantitative estimate of drug-likeness (QED) is 0.804. The molecule has 20 heavy (non-hydrogen) atoms. The van der Waals surface area contributed by atoms with Crippen LogP contribution in [0.5, 0.6) is 0 Å². The number of nitrogens with zero attached hydrogens (tertiary/aromatic N) is 2. The first-order valence-corrected chi connectivity index (χ1v) is 6.79. The molecule has 1 rings (SSSR count). The van der Waals surface area contributed by atoms with E-state index in [4.69, 9.17) is 21.8 Å². The molecule has 1 aromatic heterocycles. The van der Waals surface area contributed by atoms with Gasteiger partial charge in [0.15, 0.2) is 0 Å². The molecule has 0 bridgehead atoms. The van der Waals surface area contributed by atoms with Crippen molar-refractivity contribution in [3.05, 3.63) is 21.9 Å². The van der Waals surface area contributed by atoms with E-state index < -0.39 is 0 Å². The summed E-state index contributed by atoms with van der Waals surface area (Å²) in [6.45, 7) is 8.70. The van der Waals surface area contributed by atoms with Crippen LogP contribution in [0.3, 0.4) is 0 Å². The molecule has 6 heteroatoms. The Bertz CT molecular complexity index is 592. The monoisotopic (exact) mass is 297 g/mol. The fourth-order valence-electron chi connectivity index (χ4n) is 1.56. The highest BCUT2D eigenvalue weighted by Crippen LogP contribution is 2.07. The van der Waals surface area contributed by atoms with Crippen LogP contribution in [0.2, 0.25) is 0 Å². The molecule has 110 valence electrons. The van der Waals surface area contributed by atoms with Gasteiger partial charge < -0.3 is 15.1 Å². The summed E-state index contributed by atoms with van der Waals surface area (Å²) in [7, 11) is 0. The van der Waals surface area contributed by atoms with Crippen LogP contribution in [-0.4, -0.2) is 30.4 Å². The van der Waals surface area contributed by atoms with Crippen LogP contribution in [0, 0.1) is 0 Å². The number of rotatable bonds is 7. The van der Waals surface area contributed by atoms with Gasteiger partial charge in [-0.2, -0.15) is 4.98 Å². The van der Waals surface area contributed by atoms with Crippen molar-refractivity contribution < 1.29 is 9.21 Å². The van der Waals surface area contributed by atoms with Crippen molar-refractivity contribution in [2.45, 2.75) is 20.3 Å². The van der Waals surface area contributed by atoms with E-state index in [2.05, 4.69) is 11.6 Å². The van der Waals surface area contributed by atoms with Crippen LogP contribution in [-0.2, 0) is 4.79 Å². The molecular formula is C14H20ClN3O2. The first kappa shape index (κ1) is 16.5. The summed E-state index contributed by atoms with van der Waals surface area (Å²) in [5, 5.41) is 1.14. The molecule has 5 nitrogen and oxygen atoms in total. The highest BCUT2D eigenvalue weighted by molar-refractivity contribution is 6.33. The number of Topliss-reactive ketones (excluding diaryl/α,β-unsaturated/α-hetero) is 1. The SMILES string of the molecule is C=c1oc(N(CCN)CCC(C)=O)nc1=CC(Cl)=CC. The van der Waals surface area contributed by atoms with E-state index in [0.29, 0.717) is 47.9 Å². The third-order valence-electron chi connectivity index (χ3n) is 2.67. The highest BCUT2D eigenvalue weighted by Gasteiger charge is 2.12. The molecule has 1 aromatic rings. The largest absolute Gasteiger partial charge is 0.424 e. The van der Waals surface area contributed by atoms with E-state index in [9.17, 15) is 4.79 Å². The Kier molecular flexibility index (Phi) is 6.48. The number of ketones is 1. The average Bonchev–Trinajstić information content (AvgIpc) is 2.75. The van der Waals surface area contributed by atoms with Gasteiger partial charge in [-0.3, -0.25) is 4.79 Å². The summed E-state index contributed by atoms with van der Waals surface area (Å²) in [5.74, 6) is 0.108. The third-order valence-corrected chi connectivity index (χ3v) is 3.00. The number of oxazole rings is 1. The molecule has 0 unspecified atom stereocenters. The second-order valence-corrected chi connectivity index (χ2v) is 4.79. The van der Waals surface area contributed by atoms with E-state index in [-0.39, 0.29) is 5.78 Å². The van der Waals surface area contributed by atoms with Crippen molar-refractivity contribution in [3.8, 4) is 0 Å². The van der Waals surface area contributed by atoms with Gasteiger partial charge in [0.1, 0.15) is 16.5 Å². The van der Waals surface area contributed by atoms with E-state index >= 15 is 0 Å². The van der Waals surface area contributed by atoms with Crippen LogP contribution in [0.15, 0.2) is 15.5 Å². The maximum absolute atomic E-state index is 11.1. The lowest BCUT2D eigenvalue weighted by atomic mass is 10.3. The molecular weight excluding hydrogens is 278 g/mol. The van der Waals surface area contributed by atoms with E-state index in [1.165, 1.54) is 0 Å². The molecule has 0 spiro atoms. The number of anilines is 1. The zero-order chi connectivity index (χ0) is 15.1. The average molecular weight is 298 g/mol. The molecule has 0 aliphatic heterocycles. The molecule has 2 N–H and O–H groups in total. The van der Waals surface area contributed by atoms with Crippen molar-refractivity contribution in [2.75, 3.05) is 24.5 Å². The maximum Gasteiger partial charge on any atom is 0.298 e. The first-order valence-electron chi connectivity index (χ1n) is 6.41. The van der Waals surface area contributed by atoms with E-state index in [1.54, 1.807) is 19.1 Å². The van der Waals surface area contributed by atoms with Gasteiger partial charge in [-0.15, -0.1) is 0 Å². The van der Waals surface area contributed by atoms with Crippen LogP contribution < -0.4 is 21.4 Å². The lowest BCUT2D eigenvalue weighted by Crippen LogP contribution is -2.31. The molecule has 0 saturated heterocycles. The number of hydrogen-bond acceptors (Lipinski definition) is 5. The highest BCUT2D eigenvalue weighted by atomic mass is 35.5. The number of nitrogens with two attached hydrogens (primary N) is 1. The molecule has 1 heterocycles. The molecule has 0 amide bonds. The fourth-order valence-corrected chi connectivity index (χ4v) is 1.67.